The van der Waals surface area contributed by atoms with E-state index in [0.717, 1.165) is 35.9 Å². The molecule has 0 atom stereocenters. The average molecular weight is 211 g/mol. The molecule has 0 saturated heterocycles. The molecule has 2 N–H and O–H groups in total. The molecule has 0 aromatic carbocycles. The lowest BCUT2D eigenvalue weighted by molar-refractivity contribution is 0.856. The summed E-state index contributed by atoms with van der Waals surface area (Å²) in [6.45, 7) is 4.27. The molecule has 0 aliphatic carbocycles. The first kappa shape index (κ1) is 11.3. The quantitative estimate of drug-likeness (QED) is 0.811. The Kier molecular flexibility index (Phi) is 4.73. The van der Waals surface area contributed by atoms with Gasteiger partial charge in [-0.3, -0.25) is 0 Å². The Bertz CT molecular complexity index is 289. The van der Waals surface area contributed by atoms with E-state index in [0.29, 0.717) is 5.82 Å². The highest BCUT2D eigenvalue weighted by Gasteiger charge is 2.01. The number of nitrogens with two attached hydrogens (primary N) is 1. The van der Waals surface area contributed by atoms with Crippen molar-refractivity contribution in [3.8, 4) is 0 Å². The van der Waals surface area contributed by atoms with Crippen LogP contribution in [0, 0.1) is 0 Å². The van der Waals surface area contributed by atoms with Gasteiger partial charge in [0.1, 0.15) is 11.6 Å². The van der Waals surface area contributed by atoms with Gasteiger partial charge in [-0.15, -0.1) is 0 Å². The normalized spacial score (nSPS) is 10.4. The SMILES string of the molecule is CCCc1cc(N)nc(CSCC)n1. The van der Waals surface area contributed by atoms with Crippen molar-refractivity contribution >= 4 is 17.6 Å². The van der Waals surface area contributed by atoms with Gasteiger partial charge in [0, 0.05) is 11.8 Å². The molecule has 0 fully saturated rings. The topological polar surface area (TPSA) is 51.8 Å². The van der Waals surface area contributed by atoms with Gasteiger partial charge < -0.3 is 5.73 Å². The molecule has 0 saturated carbocycles. The van der Waals surface area contributed by atoms with Gasteiger partial charge in [0.2, 0.25) is 0 Å². The summed E-state index contributed by atoms with van der Waals surface area (Å²) in [5.41, 5.74) is 6.76. The van der Waals surface area contributed by atoms with Crippen LogP contribution < -0.4 is 5.73 Å². The van der Waals surface area contributed by atoms with E-state index < -0.39 is 0 Å². The molecule has 4 heteroatoms. The molecule has 14 heavy (non-hydrogen) atoms. The van der Waals surface area contributed by atoms with E-state index in [4.69, 9.17) is 5.73 Å². The number of anilines is 1. The Morgan fingerprint density at radius 3 is 2.79 bits per heavy atom. The van der Waals surface area contributed by atoms with Crippen molar-refractivity contribution in [2.45, 2.75) is 32.4 Å². The fraction of sp³-hybridized carbons (Fsp3) is 0.600. The molecular formula is C10H17N3S. The maximum absolute atomic E-state index is 5.70. The molecular weight excluding hydrogens is 194 g/mol. The van der Waals surface area contributed by atoms with Crippen LogP contribution in [0.3, 0.4) is 0 Å². The highest BCUT2D eigenvalue weighted by atomic mass is 32.2. The van der Waals surface area contributed by atoms with Crippen LogP contribution in [0.2, 0.25) is 0 Å². The molecule has 0 aliphatic heterocycles. The van der Waals surface area contributed by atoms with Gasteiger partial charge in [-0.05, 0) is 12.2 Å². The fourth-order valence-corrected chi connectivity index (χ4v) is 1.73. The number of nitrogen functional groups attached to an aromatic ring is 1. The van der Waals surface area contributed by atoms with Crippen LogP contribution in [0.15, 0.2) is 6.07 Å². The summed E-state index contributed by atoms with van der Waals surface area (Å²) < 4.78 is 0. The maximum Gasteiger partial charge on any atom is 0.140 e. The maximum atomic E-state index is 5.70. The molecule has 1 aromatic heterocycles. The fourth-order valence-electron chi connectivity index (χ4n) is 1.22. The first-order chi connectivity index (χ1) is 6.76. The van der Waals surface area contributed by atoms with Crippen LogP contribution in [0.5, 0.6) is 0 Å². The highest BCUT2D eigenvalue weighted by Crippen LogP contribution is 2.11. The summed E-state index contributed by atoms with van der Waals surface area (Å²) in [7, 11) is 0. The molecule has 1 aromatic rings. The molecule has 3 nitrogen and oxygen atoms in total. The predicted molar refractivity (Wildman–Crippen MR) is 62.3 cm³/mol. The molecule has 0 aliphatic rings. The molecule has 0 radical (unpaired) electrons. The second-order valence-corrected chi connectivity index (χ2v) is 4.36. The molecule has 0 amide bonds. The highest BCUT2D eigenvalue weighted by molar-refractivity contribution is 7.98. The minimum atomic E-state index is 0.593. The number of thioether (sulfide) groups is 1. The van der Waals surface area contributed by atoms with Gasteiger partial charge in [0.05, 0.1) is 5.75 Å². The summed E-state index contributed by atoms with van der Waals surface area (Å²) in [5.74, 6) is 3.40. The van der Waals surface area contributed by atoms with Crippen molar-refractivity contribution in [2.24, 2.45) is 0 Å². The van der Waals surface area contributed by atoms with Crippen molar-refractivity contribution < 1.29 is 0 Å². The first-order valence-corrected chi connectivity index (χ1v) is 6.11. The second-order valence-electron chi connectivity index (χ2n) is 3.09. The molecule has 0 bridgehead atoms. The zero-order chi connectivity index (χ0) is 10.4. The Morgan fingerprint density at radius 2 is 2.14 bits per heavy atom. The van der Waals surface area contributed by atoms with Crippen LogP contribution in [0.4, 0.5) is 5.82 Å². The number of hydrogen-bond acceptors (Lipinski definition) is 4. The smallest absolute Gasteiger partial charge is 0.140 e. The van der Waals surface area contributed by atoms with Crippen molar-refractivity contribution in [1.82, 2.24) is 9.97 Å². The van der Waals surface area contributed by atoms with E-state index in [-0.39, 0.29) is 0 Å². The summed E-state index contributed by atoms with van der Waals surface area (Å²) in [4.78, 5) is 8.65. The third-order valence-electron chi connectivity index (χ3n) is 1.79. The Labute approximate surface area is 89.5 Å². The number of rotatable bonds is 5. The van der Waals surface area contributed by atoms with Crippen molar-refractivity contribution in [3.05, 3.63) is 17.6 Å². The van der Waals surface area contributed by atoms with Crippen molar-refractivity contribution in [2.75, 3.05) is 11.5 Å². The summed E-state index contributed by atoms with van der Waals surface area (Å²) in [5, 5.41) is 0. The van der Waals surface area contributed by atoms with Crippen LogP contribution >= 0.6 is 11.8 Å². The average Bonchev–Trinajstić information content (AvgIpc) is 2.14. The predicted octanol–water partition coefficient (Wildman–Crippen LogP) is 2.26. The third kappa shape index (κ3) is 3.54. The minimum Gasteiger partial charge on any atom is -0.384 e. The van der Waals surface area contributed by atoms with Crippen LogP contribution in [0.1, 0.15) is 31.8 Å². The van der Waals surface area contributed by atoms with E-state index in [1.54, 1.807) is 0 Å². The molecule has 78 valence electrons. The summed E-state index contributed by atoms with van der Waals surface area (Å²) in [6, 6.07) is 1.86. The summed E-state index contributed by atoms with van der Waals surface area (Å²) in [6.07, 6.45) is 2.08. The molecule has 0 unspecified atom stereocenters. The van der Waals surface area contributed by atoms with Crippen LogP contribution in [-0.4, -0.2) is 15.7 Å². The second kappa shape index (κ2) is 5.86. The number of nitrogens with zero attached hydrogens (tertiary/aromatic N) is 2. The van der Waals surface area contributed by atoms with Crippen molar-refractivity contribution in [1.29, 1.82) is 0 Å². The number of aromatic nitrogens is 2. The molecule has 1 heterocycles. The van der Waals surface area contributed by atoms with Gasteiger partial charge >= 0.3 is 0 Å². The van der Waals surface area contributed by atoms with E-state index >= 15 is 0 Å². The lowest BCUT2D eigenvalue weighted by atomic mass is 10.2. The van der Waals surface area contributed by atoms with E-state index in [1.165, 1.54) is 0 Å². The molecule has 0 spiro atoms. The van der Waals surface area contributed by atoms with Gasteiger partial charge in [-0.25, -0.2) is 9.97 Å². The van der Waals surface area contributed by atoms with Crippen LogP contribution in [-0.2, 0) is 12.2 Å². The Balaban J connectivity index is 2.73. The minimum absolute atomic E-state index is 0.593. The standard InChI is InChI=1S/C10H17N3S/c1-3-5-8-6-9(11)13-10(12-8)7-14-4-2/h6H,3-5,7H2,1-2H3,(H2,11,12,13). The number of aryl methyl sites for hydroxylation is 1. The van der Waals surface area contributed by atoms with Gasteiger partial charge in [-0.1, -0.05) is 20.3 Å². The lowest BCUT2D eigenvalue weighted by Crippen LogP contribution is -2.02. The summed E-state index contributed by atoms with van der Waals surface area (Å²) >= 11 is 1.82. The Morgan fingerprint density at radius 1 is 1.36 bits per heavy atom. The lowest BCUT2D eigenvalue weighted by Gasteiger charge is -2.03. The van der Waals surface area contributed by atoms with Crippen molar-refractivity contribution in [3.63, 3.8) is 0 Å². The van der Waals surface area contributed by atoms with Gasteiger partial charge in [0.25, 0.3) is 0 Å². The zero-order valence-electron chi connectivity index (χ0n) is 8.79. The largest absolute Gasteiger partial charge is 0.384 e. The van der Waals surface area contributed by atoms with Gasteiger partial charge in [-0.2, -0.15) is 11.8 Å². The molecule has 1 rings (SSSR count). The third-order valence-corrected chi connectivity index (χ3v) is 2.66. The zero-order valence-corrected chi connectivity index (χ0v) is 9.60. The van der Waals surface area contributed by atoms with Gasteiger partial charge in [0.15, 0.2) is 0 Å². The van der Waals surface area contributed by atoms with Crippen LogP contribution in [0.25, 0.3) is 0 Å². The monoisotopic (exact) mass is 211 g/mol. The van der Waals surface area contributed by atoms with E-state index in [1.807, 2.05) is 17.8 Å². The first-order valence-electron chi connectivity index (χ1n) is 4.96. The number of hydrogen-bond donors (Lipinski definition) is 1. The Hall–Kier alpha value is -0.770. The van der Waals surface area contributed by atoms with E-state index in [9.17, 15) is 0 Å². The van der Waals surface area contributed by atoms with E-state index in [2.05, 4.69) is 23.8 Å².